The van der Waals surface area contributed by atoms with Crippen molar-refractivity contribution in [3.05, 3.63) is 11.9 Å². The van der Waals surface area contributed by atoms with Crippen LogP contribution in [0.4, 0.5) is 0 Å². The molecule has 8 heteroatoms. The van der Waals surface area contributed by atoms with Crippen LogP contribution in [0, 0.1) is 0 Å². The number of rotatable bonds is 8. The topological polar surface area (TPSA) is 123 Å². The largest absolute Gasteiger partial charge is 0.476 e. The highest BCUT2D eigenvalue weighted by atomic mass is 16.4. The summed E-state index contributed by atoms with van der Waals surface area (Å²) in [4.78, 5) is 21.0. The van der Waals surface area contributed by atoms with Crippen molar-refractivity contribution in [2.45, 2.75) is 19.4 Å². The number of aromatic nitrogens is 3. The number of amides is 1. The van der Waals surface area contributed by atoms with Gasteiger partial charge in [0.15, 0.2) is 5.69 Å². The number of hydrogen-bond donors (Lipinski definition) is 3. The predicted molar refractivity (Wildman–Crippen MR) is 58.3 cm³/mol. The zero-order valence-corrected chi connectivity index (χ0v) is 9.30. The van der Waals surface area contributed by atoms with E-state index >= 15 is 0 Å². The van der Waals surface area contributed by atoms with Gasteiger partial charge in [-0.25, -0.2) is 4.79 Å². The fourth-order valence-electron chi connectivity index (χ4n) is 1.21. The summed E-state index contributed by atoms with van der Waals surface area (Å²) in [5.74, 6) is -1.40. The van der Waals surface area contributed by atoms with Crippen LogP contribution >= 0.6 is 0 Å². The van der Waals surface area contributed by atoms with Crippen LogP contribution in [0.25, 0.3) is 0 Å². The number of carbonyl (C=O) groups excluding carboxylic acids is 1. The van der Waals surface area contributed by atoms with Crippen molar-refractivity contribution in [2.75, 3.05) is 13.1 Å². The van der Waals surface area contributed by atoms with Gasteiger partial charge in [0.1, 0.15) is 0 Å². The summed E-state index contributed by atoms with van der Waals surface area (Å²) >= 11 is 0. The van der Waals surface area contributed by atoms with Gasteiger partial charge >= 0.3 is 5.97 Å². The summed E-state index contributed by atoms with van der Waals surface area (Å²) in [7, 11) is 0. The molecule has 0 atom stereocenters. The Bertz CT molecular complexity index is 390. The summed E-state index contributed by atoms with van der Waals surface area (Å²) in [5.41, 5.74) is 4.91. The Balaban J connectivity index is 2.13. The van der Waals surface area contributed by atoms with E-state index in [2.05, 4.69) is 15.6 Å². The molecule has 0 saturated heterocycles. The molecule has 1 heterocycles. The van der Waals surface area contributed by atoms with Crippen molar-refractivity contribution >= 4 is 11.9 Å². The average Bonchev–Trinajstić information content (AvgIpc) is 2.71. The maximum absolute atomic E-state index is 10.5. The maximum Gasteiger partial charge on any atom is 0.358 e. The Morgan fingerprint density at radius 3 is 2.82 bits per heavy atom. The molecule has 17 heavy (non-hydrogen) atoms. The maximum atomic E-state index is 10.5. The molecule has 94 valence electrons. The highest BCUT2D eigenvalue weighted by Gasteiger charge is 2.07. The van der Waals surface area contributed by atoms with Crippen LogP contribution in [0.15, 0.2) is 6.20 Å². The van der Waals surface area contributed by atoms with E-state index in [4.69, 9.17) is 10.8 Å². The standard InChI is InChI=1S/C9H15N5O3/c10-8(15)2-1-3-11-4-5-14-6-7(9(16)17)12-13-14/h6,11H,1-5H2,(H2,10,15)(H,16,17). The molecule has 0 aliphatic rings. The lowest BCUT2D eigenvalue weighted by atomic mass is 10.3. The Morgan fingerprint density at radius 1 is 1.47 bits per heavy atom. The minimum atomic E-state index is -1.09. The van der Waals surface area contributed by atoms with E-state index in [9.17, 15) is 9.59 Å². The lowest BCUT2D eigenvalue weighted by molar-refractivity contribution is -0.118. The molecule has 0 unspecified atom stereocenters. The molecule has 4 N–H and O–H groups in total. The van der Waals surface area contributed by atoms with E-state index in [1.54, 1.807) is 0 Å². The monoisotopic (exact) mass is 241 g/mol. The van der Waals surface area contributed by atoms with Gasteiger partial charge < -0.3 is 16.2 Å². The van der Waals surface area contributed by atoms with E-state index < -0.39 is 5.97 Å². The van der Waals surface area contributed by atoms with E-state index in [1.165, 1.54) is 10.9 Å². The first-order chi connectivity index (χ1) is 8.09. The Morgan fingerprint density at radius 2 is 2.24 bits per heavy atom. The number of carboxylic acids is 1. The van der Waals surface area contributed by atoms with Gasteiger partial charge in [0, 0.05) is 13.0 Å². The summed E-state index contributed by atoms with van der Waals surface area (Å²) < 4.78 is 1.45. The molecule has 0 aromatic carbocycles. The van der Waals surface area contributed by atoms with Crippen LogP contribution in [-0.4, -0.2) is 45.1 Å². The van der Waals surface area contributed by atoms with Crippen LogP contribution in [0.5, 0.6) is 0 Å². The smallest absolute Gasteiger partial charge is 0.358 e. The van der Waals surface area contributed by atoms with Gasteiger partial charge in [-0.3, -0.25) is 9.48 Å². The predicted octanol–water partition coefficient (Wildman–Crippen LogP) is -1.17. The van der Waals surface area contributed by atoms with Gasteiger partial charge in [-0.2, -0.15) is 0 Å². The van der Waals surface area contributed by atoms with Crippen molar-refractivity contribution < 1.29 is 14.7 Å². The minimum absolute atomic E-state index is 0.0706. The number of hydrogen-bond acceptors (Lipinski definition) is 5. The van der Waals surface area contributed by atoms with E-state index in [0.29, 0.717) is 32.5 Å². The second-order valence-corrected chi connectivity index (χ2v) is 3.49. The van der Waals surface area contributed by atoms with E-state index in [1.807, 2.05) is 0 Å². The van der Waals surface area contributed by atoms with Crippen LogP contribution in [0.2, 0.25) is 0 Å². The van der Waals surface area contributed by atoms with Crippen LogP contribution in [0.3, 0.4) is 0 Å². The highest BCUT2D eigenvalue weighted by Crippen LogP contribution is 1.92. The fourth-order valence-corrected chi connectivity index (χ4v) is 1.21. The molecule has 0 saturated carbocycles. The van der Waals surface area contributed by atoms with Crippen LogP contribution < -0.4 is 11.1 Å². The second-order valence-electron chi connectivity index (χ2n) is 3.49. The van der Waals surface area contributed by atoms with Crippen molar-refractivity contribution in [3.8, 4) is 0 Å². The van der Waals surface area contributed by atoms with Gasteiger partial charge in [0.2, 0.25) is 5.91 Å². The third-order valence-electron chi connectivity index (χ3n) is 2.05. The fraction of sp³-hybridized carbons (Fsp3) is 0.556. The lowest BCUT2D eigenvalue weighted by Gasteiger charge is -2.03. The molecule has 1 rings (SSSR count). The Kier molecular flexibility index (Phi) is 5.08. The first kappa shape index (κ1) is 13.1. The minimum Gasteiger partial charge on any atom is -0.476 e. The van der Waals surface area contributed by atoms with Crippen LogP contribution in [-0.2, 0) is 11.3 Å². The first-order valence-electron chi connectivity index (χ1n) is 5.22. The highest BCUT2D eigenvalue weighted by molar-refractivity contribution is 5.84. The third kappa shape index (κ3) is 5.07. The third-order valence-corrected chi connectivity index (χ3v) is 2.05. The van der Waals surface area contributed by atoms with E-state index in [0.717, 1.165) is 0 Å². The normalized spacial score (nSPS) is 10.4. The molecule has 0 fully saturated rings. The lowest BCUT2D eigenvalue weighted by Crippen LogP contribution is -2.22. The summed E-state index contributed by atoms with van der Waals surface area (Å²) in [5, 5.41) is 18.8. The van der Waals surface area contributed by atoms with Crippen molar-refractivity contribution in [2.24, 2.45) is 5.73 Å². The van der Waals surface area contributed by atoms with Gasteiger partial charge in [0.25, 0.3) is 0 Å². The molecule has 1 aromatic rings. The summed E-state index contributed by atoms with van der Waals surface area (Å²) in [6.07, 6.45) is 2.42. The average molecular weight is 241 g/mol. The van der Waals surface area contributed by atoms with E-state index in [-0.39, 0.29) is 11.6 Å². The number of nitrogens with one attached hydrogen (secondary N) is 1. The van der Waals surface area contributed by atoms with Crippen molar-refractivity contribution in [1.82, 2.24) is 20.3 Å². The number of nitrogens with two attached hydrogens (primary N) is 1. The molecule has 1 amide bonds. The quantitative estimate of drug-likeness (QED) is 0.493. The molecule has 1 aromatic heterocycles. The second kappa shape index (κ2) is 6.59. The molecule has 0 aliphatic heterocycles. The van der Waals surface area contributed by atoms with Crippen LogP contribution in [0.1, 0.15) is 23.3 Å². The van der Waals surface area contributed by atoms with Gasteiger partial charge in [-0.15, -0.1) is 5.10 Å². The number of aromatic carboxylic acids is 1. The molecular weight excluding hydrogens is 226 g/mol. The Hall–Kier alpha value is -1.96. The Labute approximate surface area is 97.8 Å². The molecule has 0 radical (unpaired) electrons. The molecule has 0 aliphatic carbocycles. The summed E-state index contributed by atoms with van der Waals surface area (Å²) in [6.45, 7) is 1.83. The van der Waals surface area contributed by atoms with Gasteiger partial charge in [-0.1, -0.05) is 5.21 Å². The summed E-state index contributed by atoms with van der Waals surface area (Å²) in [6, 6.07) is 0. The number of nitrogens with zero attached hydrogens (tertiary/aromatic N) is 3. The first-order valence-corrected chi connectivity index (χ1v) is 5.22. The van der Waals surface area contributed by atoms with Gasteiger partial charge in [-0.05, 0) is 13.0 Å². The molecule has 0 spiro atoms. The van der Waals surface area contributed by atoms with Gasteiger partial charge in [0.05, 0.1) is 12.7 Å². The zero-order chi connectivity index (χ0) is 12.7. The number of carbonyl (C=O) groups is 2. The van der Waals surface area contributed by atoms with Crippen molar-refractivity contribution in [3.63, 3.8) is 0 Å². The zero-order valence-electron chi connectivity index (χ0n) is 9.30. The van der Waals surface area contributed by atoms with Crippen molar-refractivity contribution in [1.29, 1.82) is 0 Å². The number of primary amides is 1. The molecule has 0 bridgehead atoms. The molecule has 8 nitrogen and oxygen atoms in total. The SMILES string of the molecule is NC(=O)CCCNCCn1cc(C(=O)O)nn1. The molecular formula is C9H15N5O3. The number of carboxylic acid groups (broad SMARTS) is 1.